The molecule has 3 aromatic carbocycles. The van der Waals surface area contributed by atoms with E-state index < -0.39 is 21.5 Å². The molecule has 3 heterocycles. The standard InChI is InChI=1S/C48H62N2O7S/c1-31-20-22-39-37(29-31)46(5,6)41(49(39)28-15-11-13-25-48(9)26-24-36-34(4)44(53)32(2)33(3)45(36)57-48)17-16-18-42-47(7,8)38-30-35(58(54,55)56)21-23-40(38)50(42)27-14-10-12-19-43(51)52/h16-18,20-23,29-30H,10-15,19,24-28H2,1-9H3,(H2-,51,52,53,54,55,56)/p+1. The van der Waals surface area contributed by atoms with Crippen LogP contribution < -0.4 is 9.64 Å². The first-order valence-electron chi connectivity index (χ1n) is 20.9. The van der Waals surface area contributed by atoms with Crippen molar-refractivity contribution < 1.29 is 37.3 Å². The highest BCUT2D eigenvalue weighted by molar-refractivity contribution is 7.85. The van der Waals surface area contributed by atoms with Crippen molar-refractivity contribution in [3.8, 4) is 11.5 Å². The minimum Gasteiger partial charge on any atom is -0.507 e. The molecule has 58 heavy (non-hydrogen) atoms. The van der Waals surface area contributed by atoms with Crippen molar-refractivity contribution in [1.29, 1.82) is 0 Å². The highest BCUT2D eigenvalue weighted by atomic mass is 32.2. The Morgan fingerprint density at radius 3 is 2.31 bits per heavy atom. The smallest absolute Gasteiger partial charge is 0.303 e. The lowest BCUT2D eigenvalue weighted by atomic mass is 9.81. The summed E-state index contributed by atoms with van der Waals surface area (Å²) in [6, 6.07) is 11.5. The molecule has 6 rings (SSSR count). The molecule has 3 N–H and O–H groups in total. The molecule has 0 aromatic heterocycles. The Labute approximate surface area is 345 Å². The number of hydrogen-bond acceptors (Lipinski definition) is 6. The average molecular weight is 812 g/mol. The van der Waals surface area contributed by atoms with Gasteiger partial charge in [0, 0.05) is 59.5 Å². The van der Waals surface area contributed by atoms with Gasteiger partial charge >= 0.3 is 5.97 Å². The van der Waals surface area contributed by atoms with Crippen LogP contribution >= 0.6 is 0 Å². The molecule has 0 fully saturated rings. The summed E-state index contributed by atoms with van der Waals surface area (Å²) in [5, 5.41) is 19.8. The molecule has 9 nitrogen and oxygen atoms in total. The van der Waals surface area contributed by atoms with E-state index in [1.807, 2.05) is 20.8 Å². The Morgan fingerprint density at radius 2 is 1.60 bits per heavy atom. The van der Waals surface area contributed by atoms with Gasteiger partial charge in [-0.05, 0) is 140 Å². The number of phenols is 1. The molecular formula is C48H63N2O7S+. The maximum absolute atomic E-state index is 12.2. The van der Waals surface area contributed by atoms with Crippen molar-refractivity contribution in [3.05, 3.63) is 99.3 Å². The summed E-state index contributed by atoms with van der Waals surface area (Å²) < 4.78 is 43.2. The number of aliphatic carboxylic acids is 1. The van der Waals surface area contributed by atoms with E-state index in [4.69, 9.17) is 9.84 Å². The zero-order valence-electron chi connectivity index (χ0n) is 36.0. The minimum atomic E-state index is -4.39. The summed E-state index contributed by atoms with van der Waals surface area (Å²) in [6.45, 7) is 20.6. The number of hydrogen-bond donors (Lipinski definition) is 3. The fourth-order valence-electron chi connectivity index (χ4n) is 9.46. The zero-order valence-corrected chi connectivity index (χ0v) is 36.8. The number of anilines is 1. The zero-order chi connectivity index (χ0) is 42.4. The van der Waals surface area contributed by atoms with Gasteiger partial charge in [0.25, 0.3) is 10.1 Å². The highest BCUT2D eigenvalue weighted by Gasteiger charge is 2.45. The lowest BCUT2D eigenvalue weighted by molar-refractivity contribution is -0.438. The van der Waals surface area contributed by atoms with E-state index in [1.165, 1.54) is 28.6 Å². The van der Waals surface area contributed by atoms with Crippen LogP contribution in [0.25, 0.3) is 0 Å². The number of benzene rings is 3. The number of unbranched alkanes of at least 4 members (excludes halogenated alkanes) is 4. The molecular weight excluding hydrogens is 749 g/mol. The van der Waals surface area contributed by atoms with Crippen molar-refractivity contribution >= 4 is 33.2 Å². The van der Waals surface area contributed by atoms with Crippen LogP contribution in [0.4, 0.5) is 11.4 Å². The summed E-state index contributed by atoms with van der Waals surface area (Å²) >= 11 is 0. The van der Waals surface area contributed by atoms with Gasteiger partial charge in [-0.2, -0.15) is 13.0 Å². The lowest BCUT2D eigenvalue weighted by Crippen LogP contribution is -2.37. The van der Waals surface area contributed by atoms with Crippen LogP contribution in [0.2, 0.25) is 0 Å². The van der Waals surface area contributed by atoms with Gasteiger partial charge in [-0.15, -0.1) is 0 Å². The van der Waals surface area contributed by atoms with Gasteiger partial charge in [0.1, 0.15) is 23.6 Å². The first-order chi connectivity index (χ1) is 27.2. The van der Waals surface area contributed by atoms with Crippen LogP contribution in [-0.2, 0) is 32.2 Å². The van der Waals surface area contributed by atoms with Crippen LogP contribution in [-0.4, -0.2) is 58.1 Å². The number of phenolic OH excluding ortho intramolecular Hbond substituents is 1. The average Bonchev–Trinajstić information content (AvgIpc) is 3.49. The fraction of sp³-hybridized carbons (Fsp3) is 0.500. The number of rotatable bonds is 15. The molecule has 312 valence electrons. The van der Waals surface area contributed by atoms with Crippen molar-refractivity contribution in [1.82, 2.24) is 0 Å². The summed E-state index contributed by atoms with van der Waals surface area (Å²) in [4.78, 5) is 13.5. The van der Waals surface area contributed by atoms with Crippen LogP contribution in [0.3, 0.4) is 0 Å². The van der Waals surface area contributed by atoms with Crippen LogP contribution in [0.1, 0.15) is 131 Å². The molecule has 0 saturated heterocycles. The van der Waals surface area contributed by atoms with Gasteiger partial charge < -0.3 is 19.8 Å². The van der Waals surface area contributed by atoms with Crippen molar-refractivity contribution in [2.75, 3.05) is 18.0 Å². The molecule has 1 unspecified atom stereocenters. The third kappa shape index (κ3) is 8.37. The number of carboxylic acid groups (broad SMARTS) is 1. The van der Waals surface area contributed by atoms with E-state index in [-0.39, 0.29) is 22.3 Å². The molecule has 10 heteroatoms. The Balaban J connectivity index is 1.22. The minimum absolute atomic E-state index is 0.128. The number of carbonyl (C=O) groups is 1. The molecule has 0 aliphatic carbocycles. The number of aryl methyl sites for hydroxylation is 1. The lowest BCUT2D eigenvalue weighted by Gasteiger charge is -2.38. The van der Waals surface area contributed by atoms with Gasteiger partial charge in [0.15, 0.2) is 5.71 Å². The number of aromatic hydroxyl groups is 1. The molecule has 0 saturated carbocycles. The second kappa shape index (κ2) is 16.3. The molecule has 1 atom stereocenters. The monoisotopic (exact) mass is 811 g/mol. The van der Waals surface area contributed by atoms with E-state index in [0.29, 0.717) is 18.7 Å². The van der Waals surface area contributed by atoms with Gasteiger partial charge in [-0.1, -0.05) is 44.0 Å². The van der Waals surface area contributed by atoms with Crippen LogP contribution in [0, 0.1) is 27.7 Å². The molecule has 3 aromatic rings. The topological polar surface area (TPSA) is 127 Å². The molecule has 3 aliphatic rings. The third-order valence-corrected chi connectivity index (χ3v) is 14.0. The summed E-state index contributed by atoms with van der Waals surface area (Å²) in [5.41, 5.74) is 10.7. The Bertz CT molecular complexity index is 2320. The van der Waals surface area contributed by atoms with Gasteiger partial charge in [-0.25, -0.2) is 0 Å². The summed E-state index contributed by atoms with van der Waals surface area (Å²) in [7, 11) is -4.39. The Hall–Kier alpha value is -4.41. The maximum Gasteiger partial charge on any atom is 0.303 e. The number of allylic oxidation sites excluding steroid dienone is 4. The largest absolute Gasteiger partial charge is 0.507 e. The van der Waals surface area contributed by atoms with E-state index >= 15 is 0 Å². The molecule has 0 spiro atoms. The van der Waals surface area contributed by atoms with E-state index in [1.54, 1.807) is 12.1 Å². The predicted molar refractivity (Wildman–Crippen MR) is 232 cm³/mol. The van der Waals surface area contributed by atoms with Crippen molar-refractivity contribution in [2.45, 2.75) is 148 Å². The molecule has 0 bridgehead atoms. The summed E-state index contributed by atoms with van der Waals surface area (Å²) in [6.07, 6.45) is 14.7. The molecule has 3 aliphatic heterocycles. The molecule has 0 amide bonds. The maximum atomic E-state index is 12.2. The van der Waals surface area contributed by atoms with Gasteiger partial charge in [0.05, 0.1) is 10.3 Å². The van der Waals surface area contributed by atoms with Crippen LogP contribution in [0.15, 0.2) is 65.2 Å². The second-order valence-corrected chi connectivity index (χ2v) is 19.5. The highest BCUT2D eigenvalue weighted by Crippen LogP contribution is 2.49. The van der Waals surface area contributed by atoms with E-state index in [9.17, 15) is 22.9 Å². The van der Waals surface area contributed by atoms with Gasteiger partial charge in [-0.3, -0.25) is 9.35 Å². The number of nitrogens with zero attached hydrogens (tertiary/aromatic N) is 2. The number of ether oxygens (including phenoxy) is 1. The van der Waals surface area contributed by atoms with Gasteiger partial charge in [0.2, 0.25) is 5.69 Å². The van der Waals surface area contributed by atoms with Crippen molar-refractivity contribution in [2.24, 2.45) is 0 Å². The molecule has 0 radical (unpaired) electrons. The van der Waals surface area contributed by atoms with E-state index in [0.717, 1.165) is 103 Å². The van der Waals surface area contributed by atoms with E-state index in [2.05, 4.69) is 87.4 Å². The van der Waals surface area contributed by atoms with Crippen molar-refractivity contribution in [3.63, 3.8) is 0 Å². The predicted octanol–water partition coefficient (Wildman–Crippen LogP) is 10.5. The number of fused-ring (bicyclic) bond motifs is 3. The normalized spacial score (nSPS) is 20.1. The number of carboxylic acids is 1. The first kappa shape index (κ1) is 43.2. The third-order valence-electron chi connectivity index (χ3n) is 13.2. The second-order valence-electron chi connectivity index (χ2n) is 18.1. The summed E-state index contributed by atoms with van der Waals surface area (Å²) in [5.74, 6) is 0.551. The fourth-order valence-corrected chi connectivity index (χ4v) is 9.96. The Morgan fingerprint density at radius 1 is 0.879 bits per heavy atom. The first-order valence-corrected chi connectivity index (χ1v) is 22.4. The Kier molecular flexibility index (Phi) is 12.2. The van der Waals surface area contributed by atoms with Crippen LogP contribution in [0.5, 0.6) is 11.5 Å². The SMILES string of the molecule is Cc1ccc2c(c1)C(C)(C)C(=CC=CC1=[N+](CCCCCC(=O)O)c3ccc(S(=O)(=O)O)cc3C1(C)C)N2CCCCCC1(C)CCc2c(C)c(O)c(C)c(C)c2O1. The quantitative estimate of drug-likeness (QED) is 0.0787.